The van der Waals surface area contributed by atoms with E-state index < -0.39 is 16.9 Å². The molecule has 0 amide bonds. The summed E-state index contributed by atoms with van der Waals surface area (Å²) in [5.74, 6) is 0.797. The largest absolute Gasteiger partial charge is 0.493 e. The Kier molecular flexibility index (Phi) is 4.52. The molecule has 2 aliphatic rings. The monoisotopic (exact) mass is 346 g/mol. The van der Waals surface area contributed by atoms with Gasteiger partial charge in [0.25, 0.3) is 0 Å². The average molecular weight is 346 g/mol. The molecule has 1 aromatic carbocycles. The van der Waals surface area contributed by atoms with Crippen molar-refractivity contribution < 1.29 is 23.8 Å². The van der Waals surface area contributed by atoms with E-state index in [0.717, 1.165) is 24.8 Å². The molecular formula is C20H26O5. The van der Waals surface area contributed by atoms with Gasteiger partial charge in [0, 0.05) is 0 Å². The van der Waals surface area contributed by atoms with Crippen molar-refractivity contribution in [2.75, 3.05) is 14.2 Å². The Labute approximate surface area is 148 Å². The Morgan fingerprint density at radius 2 is 1.64 bits per heavy atom. The van der Waals surface area contributed by atoms with E-state index in [1.807, 2.05) is 19.9 Å². The number of cyclic esters (lactones) is 1. The maximum atomic E-state index is 13.3. The second-order valence-corrected chi connectivity index (χ2v) is 7.59. The van der Waals surface area contributed by atoms with Crippen LogP contribution in [0.2, 0.25) is 0 Å². The SMILES string of the molecule is COc1ccc([C@@H]2OC(=O)C3(CCCCC3)C(=O)C2(C)C)cc1OC. The van der Waals surface area contributed by atoms with E-state index >= 15 is 0 Å². The predicted molar refractivity (Wildman–Crippen MR) is 92.7 cm³/mol. The summed E-state index contributed by atoms with van der Waals surface area (Å²) in [7, 11) is 3.13. The third-order valence-electron chi connectivity index (χ3n) is 5.71. The minimum Gasteiger partial charge on any atom is -0.493 e. The molecule has 3 rings (SSSR count). The molecule has 1 heterocycles. The Hall–Kier alpha value is -2.04. The first-order valence-corrected chi connectivity index (χ1v) is 8.85. The summed E-state index contributed by atoms with van der Waals surface area (Å²) in [6, 6.07) is 5.38. The lowest BCUT2D eigenvalue weighted by molar-refractivity contribution is -0.192. The second kappa shape index (κ2) is 6.36. The minimum atomic E-state index is -0.950. The van der Waals surface area contributed by atoms with Gasteiger partial charge < -0.3 is 14.2 Å². The van der Waals surface area contributed by atoms with Gasteiger partial charge in [-0.15, -0.1) is 0 Å². The number of hydrogen-bond donors (Lipinski definition) is 0. The van der Waals surface area contributed by atoms with Gasteiger partial charge in [0.15, 0.2) is 17.3 Å². The molecule has 1 aliphatic carbocycles. The number of ketones is 1. The van der Waals surface area contributed by atoms with Crippen LogP contribution in [0.1, 0.15) is 57.6 Å². The Morgan fingerprint density at radius 1 is 1.00 bits per heavy atom. The maximum Gasteiger partial charge on any atom is 0.320 e. The molecule has 5 nitrogen and oxygen atoms in total. The fourth-order valence-corrected chi connectivity index (χ4v) is 4.28. The lowest BCUT2D eigenvalue weighted by Gasteiger charge is -2.47. The molecule has 1 aliphatic heterocycles. The van der Waals surface area contributed by atoms with Gasteiger partial charge in [-0.3, -0.25) is 9.59 Å². The molecule has 0 unspecified atom stereocenters. The van der Waals surface area contributed by atoms with Crippen molar-refractivity contribution in [2.24, 2.45) is 10.8 Å². The number of Topliss-reactive ketones (excluding diaryl/α,β-unsaturated/α-hetero) is 1. The molecule has 2 fully saturated rings. The number of ether oxygens (including phenoxy) is 3. The molecule has 5 heteroatoms. The zero-order valence-corrected chi connectivity index (χ0v) is 15.4. The molecule has 0 N–H and O–H groups in total. The van der Waals surface area contributed by atoms with Crippen molar-refractivity contribution in [1.82, 2.24) is 0 Å². The van der Waals surface area contributed by atoms with Gasteiger partial charge >= 0.3 is 5.97 Å². The third-order valence-corrected chi connectivity index (χ3v) is 5.71. The Morgan fingerprint density at radius 3 is 2.24 bits per heavy atom. The Balaban J connectivity index is 1.99. The van der Waals surface area contributed by atoms with Crippen molar-refractivity contribution in [3.63, 3.8) is 0 Å². The highest BCUT2D eigenvalue weighted by molar-refractivity contribution is 6.08. The summed E-state index contributed by atoms with van der Waals surface area (Å²) in [4.78, 5) is 26.2. The smallest absolute Gasteiger partial charge is 0.320 e. The van der Waals surface area contributed by atoms with E-state index in [4.69, 9.17) is 14.2 Å². The van der Waals surface area contributed by atoms with Crippen LogP contribution in [0.4, 0.5) is 0 Å². The second-order valence-electron chi connectivity index (χ2n) is 7.59. The first-order valence-electron chi connectivity index (χ1n) is 8.85. The van der Waals surface area contributed by atoms with Crippen LogP contribution in [0.25, 0.3) is 0 Å². The van der Waals surface area contributed by atoms with Gasteiger partial charge in [0.2, 0.25) is 0 Å². The van der Waals surface area contributed by atoms with Crippen molar-refractivity contribution in [3.8, 4) is 11.5 Å². The normalized spacial score (nSPS) is 24.7. The molecule has 1 aromatic rings. The van der Waals surface area contributed by atoms with Gasteiger partial charge in [-0.05, 0) is 44.4 Å². The van der Waals surface area contributed by atoms with Crippen LogP contribution in [0.15, 0.2) is 18.2 Å². The summed E-state index contributed by atoms with van der Waals surface area (Å²) in [5.41, 5.74) is -0.991. The van der Waals surface area contributed by atoms with Gasteiger partial charge in [-0.25, -0.2) is 0 Å². The zero-order valence-electron chi connectivity index (χ0n) is 15.4. The summed E-state index contributed by atoms with van der Waals surface area (Å²) in [6.45, 7) is 3.75. The molecule has 0 bridgehead atoms. The number of carbonyl (C=O) groups is 2. The number of carbonyl (C=O) groups excluding carboxylic acids is 2. The van der Waals surface area contributed by atoms with Crippen LogP contribution in [0.5, 0.6) is 11.5 Å². The number of rotatable bonds is 3. The summed E-state index contributed by atoms with van der Waals surface area (Å²) < 4.78 is 16.5. The Bertz CT molecular complexity index is 685. The highest BCUT2D eigenvalue weighted by Crippen LogP contribution is 2.53. The molecule has 1 spiro atoms. The van der Waals surface area contributed by atoms with Gasteiger partial charge in [-0.2, -0.15) is 0 Å². The number of benzene rings is 1. The first-order chi connectivity index (χ1) is 11.9. The van der Waals surface area contributed by atoms with E-state index in [-0.39, 0.29) is 11.8 Å². The van der Waals surface area contributed by atoms with E-state index in [1.54, 1.807) is 26.4 Å². The van der Waals surface area contributed by atoms with Gasteiger partial charge in [-0.1, -0.05) is 25.3 Å². The fourth-order valence-electron chi connectivity index (χ4n) is 4.28. The van der Waals surface area contributed by atoms with Crippen LogP contribution in [0, 0.1) is 10.8 Å². The predicted octanol–water partition coefficient (Wildman–Crippen LogP) is 3.85. The summed E-state index contributed by atoms with van der Waals surface area (Å²) in [5, 5.41) is 0. The molecule has 1 saturated heterocycles. The van der Waals surface area contributed by atoms with Crippen molar-refractivity contribution in [2.45, 2.75) is 52.1 Å². The van der Waals surface area contributed by atoms with E-state index in [2.05, 4.69) is 0 Å². The highest BCUT2D eigenvalue weighted by Gasteiger charge is 2.60. The summed E-state index contributed by atoms with van der Waals surface area (Å²) >= 11 is 0. The number of hydrogen-bond acceptors (Lipinski definition) is 5. The minimum absolute atomic E-state index is 0.00994. The lowest BCUT2D eigenvalue weighted by atomic mass is 9.60. The molecule has 1 saturated carbocycles. The fraction of sp³-hybridized carbons (Fsp3) is 0.600. The lowest BCUT2D eigenvalue weighted by Crippen LogP contribution is -2.55. The van der Waals surface area contributed by atoms with E-state index in [9.17, 15) is 9.59 Å². The van der Waals surface area contributed by atoms with Crippen LogP contribution < -0.4 is 9.47 Å². The first kappa shape index (κ1) is 17.8. The van der Waals surface area contributed by atoms with E-state index in [0.29, 0.717) is 24.3 Å². The number of esters is 1. The van der Waals surface area contributed by atoms with Crippen molar-refractivity contribution in [1.29, 1.82) is 0 Å². The molecule has 1 atom stereocenters. The quantitative estimate of drug-likeness (QED) is 0.614. The zero-order chi connectivity index (χ0) is 18.2. The van der Waals surface area contributed by atoms with E-state index in [1.165, 1.54) is 0 Å². The third kappa shape index (κ3) is 2.70. The number of methoxy groups -OCH3 is 2. The molecule has 0 aromatic heterocycles. The topological polar surface area (TPSA) is 61.8 Å². The average Bonchev–Trinajstić information content (AvgIpc) is 2.64. The molecular weight excluding hydrogens is 320 g/mol. The van der Waals surface area contributed by atoms with Crippen molar-refractivity contribution in [3.05, 3.63) is 23.8 Å². The maximum absolute atomic E-state index is 13.3. The van der Waals surface area contributed by atoms with Crippen LogP contribution in [-0.4, -0.2) is 26.0 Å². The molecule has 0 radical (unpaired) electrons. The highest BCUT2D eigenvalue weighted by atomic mass is 16.6. The van der Waals surface area contributed by atoms with Gasteiger partial charge in [0.1, 0.15) is 11.5 Å². The van der Waals surface area contributed by atoms with Crippen LogP contribution >= 0.6 is 0 Å². The standard InChI is InChI=1S/C20H26O5/c1-19(2)16(13-8-9-14(23-3)15(12-13)24-4)25-18(22)20(17(19)21)10-6-5-7-11-20/h8-9,12,16H,5-7,10-11H2,1-4H3/t16-/m0/s1. The van der Waals surface area contributed by atoms with Crippen molar-refractivity contribution >= 4 is 11.8 Å². The van der Waals surface area contributed by atoms with Gasteiger partial charge in [0.05, 0.1) is 19.6 Å². The molecule has 136 valence electrons. The van der Waals surface area contributed by atoms with Crippen LogP contribution in [0.3, 0.4) is 0 Å². The van der Waals surface area contributed by atoms with Crippen LogP contribution in [-0.2, 0) is 14.3 Å². The summed E-state index contributed by atoms with van der Waals surface area (Å²) in [6.07, 6.45) is 3.46. The molecule has 25 heavy (non-hydrogen) atoms.